The second-order valence-electron chi connectivity index (χ2n) is 5.68. The van der Waals surface area contributed by atoms with Crippen molar-refractivity contribution in [1.29, 1.82) is 0 Å². The van der Waals surface area contributed by atoms with Crippen molar-refractivity contribution in [3.8, 4) is 0 Å². The van der Waals surface area contributed by atoms with E-state index >= 15 is 0 Å². The van der Waals surface area contributed by atoms with Gasteiger partial charge in [-0.05, 0) is 44.1 Å². The Kier molecular flexibility index (Phi) is 6.08. The van der Waals surface area contributed by atoms with Crippen LogP contribution in [0.3, 0.4) is 0 Å². The molecule has 3 nitrogen and oxygen atoms in total. The molecule has 0 radical (unpaired) electrons. The molecule has 0 amide bonds. The zero-order valence-corrected chi connectivity index (χ0v) is 12.7. The summed E-state index contributed by atoms with van der Waals surface area (Å²) in [5.74, 6) is -1.59. The largest absolute Gasteiger partial charge is 0.374 e. The molecule has 1 N–H and O–H groups in total. The summed E-state index contributed by atoms with van der Waals surface area (Å²) in [5.41, 5.74) is 0.791. The number of hydrogen-bond acceptors (Lipinski definition) is 3. The highest BCUT2D eigenvalue weighted by atomic mass is 19.2. The molecule has 2 atom stereocenters. The number of likely N-dealkylation sites (N-methyl/N-ethyl adjacent to an activating group) is 1. The number of halogens is 2. The van der Waals surface area contributed by atoms with Gasteiger partial charge in [0.25, 0.3) is 0 Å². The van der Waals surface area contributed by atoms with Gasteiger partial charge in [0.15, 0.2) is 11.6 Å². The summed E-state index contributed by atoms with van der Waals surface area (Å²) in [5, 5.41) is 3.47. The van der Waals surface area contributed by atoms with E-state index in [0.717, 1.165) is 31.6 Å². The van der Waals surface area contributed by atoms with Gasteiger partial charge in [0.1, 0.15) is 0 Å². The topological polar surface area (TPSA) is 24.5 Å². The summed E-state index contributed by atoms with van der Waals surface area (Å²) in [6.45, 7) is 5.49. The molecule has 0 bridgehead atoms. The van der Waals surface area contributed by atoms with E-state index in [9.17, 15) is 8.78 Å². The molecule has 1 aromatic carbocycles. The molecule has 2 unspecified atom stereocenters. The fourth-order valence-corrected chi connectivity index (χ4v) is 2.64. The zero-order chi connectivity index (χ0) is 15.2. The Hall–Kier alpha value is -1.04. The van der Waals surface area contributed by atoms with Crippen LogP contribution in [0.15, 0.2) is 18.2 Å². The van der Waals surface area contributed by atoms with Crippen LogP contribution in [-0.2, 0) is 11.2 Å². The summed E-state index contributed by atoms with van der Waals surface area (Å²) < 4.78 is 32.2. The van der Waals surface area contributed by atoms with E-state index in [0.29, 0.717) is 13.0 Å². The fraction of sp³-hybridized carbons (Fsp3) is 0.625. The molecule has 0 spiro atoms. The summed E-state index contributed by atoms with van der Waals surface area (Å²) in [6.07, 6.45) is 1.73. The first-order chi connectivity index (χ1) is 10.1. The molecule has 0 aromatic heterocycles. The van der Waals surface area contributed by atoms with Crippen LogP contribution in [-0.4, -0.2) is 50.3 Å². The van der Waals surface area contributed by atoms with Gasteiger partial charge >= 0.3 is 0 Å². The maximum Gasteiger partial charge on any atom is 0.159 e. The van der Waals surface area contributed by atoms with Gasteiger partial charge in [-0.3, -0.25) is 0 Å². The van der Waals surface area contributed by atoms with Gasteiger partial charge in [0, 0.05) is 19.1 Å². The van der Waals surface area contributed by atoms with E-state index in [2.05, 4.69) is 24.2 Å². The van der Waals surface area contributed by atoms with E-state index in [4.69, 9.17) is 4.74 Å². The second-order valence-corrected chi connectivity index (χ2v) is 5.68. The Labute approximate surface area is 125 Å². The number of benzene rings is 1. The third-order valence-electron chi connectivity index (χ3n) is 3.84. The second kappa shape index (κ2) is 7.82. The normalized spacial score (nSPS) is 21.4. The molecular formula is C16H24F2N2O. The number of nitrogens with one attached hydrogen (secondary N) is 1. The van der Waals surface area contributed by atoms with E-state index in [1.807, 2.05) is 0 Å². The van der Waals surface area contributed by atoms with Gasteiger partial charge in [0.2, 0.25) is 0 Å². The predicted molar refractivity (Wildman–Crippen MR) is 79.4 cm³/mol. The molecule has 0 saturated carbocycles. The molecule has 0 aliphatic carbocycles. The SMILES string of the molecule is CCCNC(Cc1ccc(F)c(F)c1)C1CN(C)CCO1. The van der Waals surface area contributed by atoms with Gasteiger partial charge in [-0.1, -0.05) is 13.0 Å². The first-order valence-electron chi connectivity index (χ1n) is 7.57. The Morgan fingerprint density at radius 1 is 1.38 bits per heavy atom. The van der Waals surface area contributed by atoms with Crippen molar-refractivity contribution in [2.45, 2.75) is 31.9 Å². The molecule has 1 heterocycles. The maximum absolute atomic E-state index is 13.4. The number of rotatable bonds is 6. The van der Waals surface area contributed by atoms with E-state index in [1.54, 1.807) is 6.07 Å². The van der Waals surface area contributed by atoms with Gasteiger partial charge in [-0.2, -0.15) is 0 Å². The number of hydrogen-bond donors (Lipinski definition) is 1. The Balaban J connectivity index is 2.05. The van der Waals surface area contributed by atoms with Gasteiger partial charge in [0.05, 0.1) is 12.7 Å². The van der Waals surface area contributed by atoms with Crippen molar-refractivity contribution in [2.24, 2.45) is 0 Å². The highest BCUT2D eigenvalue weighted by molar-refractivity contribution is 5.19. The minimum atomic E-state index is -0.800. The third kappa shape index (κ3) is 4.73. The lowest BCUT2D eigenvalue weighted by atomic mass is 9.99. The van der Waals surface area contributed by atoms with Crippen molar-refractivity contribution in [3.63, 3.8) is 0 Å². The third-order valence-corrected chi connectivity index (χ3v) is 3.84. The fourth-order valence-electron chi connectivity index (χ4n) is 2.64. The molecule has 21 heavy (non-hydrogen) atoms. The molecule has 1 saturated heterocycles. The van der Waals surface area contributed by atoms with Crippen LogP contribution >= 0.6 is 0 Å². The molecular weight excluding hydrogens is 274 g/mol. The standard InChI is InChI=1S/C16H24F2N2O/c1-3-6-19-15(16-11-20(2)7-8-21-16)10-12-4-5-13(17)14(18)9-12/h4-5,9,15-16,19H,3,6-8,10-11H2,1-2H3. The molecule has 1 aliphatic rings. The van der Waals surface area contributed by atoms with Crippen LogP contribution in [0.2, 0.25) is 0 Å². The number of nitrogens with zero attached hydrogens (tertiary/aromatic N) is 1. The minimum absolute atomic E-state index is 0.0726. The predicted octanol–water partition coefficient (Wildman–Crippen LogP) is 2.21. The molecule has 118 valence electrons. The van der Waals surface area contributed by atoms with Crippen molar-refractivity contribution in [3.05, 3.63) is 35.4 Å². The van der Waals surface area contributed by atoms with Crippen LogP contribution in [0, 0.1) is 11.6 Å². The highest BCUT2D eigenvalue weighted by Crippen LogP contribution is 2.15. The molecule has 1 fully saturated rings. The minimum Gasteiger partial charge on any atom is -0.374 e. The van der Waals surface area contributed by atoms with Crippen LogP contribution in [0.25, 0.3) is 0 Å². The number of morpholine rings is 1. The van der Waals surface area contributed by atoms with Crippen LogP contribution in [0.5, 0.6) is 0 Å². The van der Waals surface area contributed by atoms with Gasteiger partial charge in [-0.25, -0.2) is 8.78 Å². The van der Waals surface area contributed by atoms with Crippen LogP contribution in [0.4, 0.5) is 8.78 Å². The van der Waals surface area contributed by atoms with Gasteiger partial charge < -0.3 is 15.0 Å². The molecule has 5 heteroatoms. The first kappa shape index (κ1) is 16.3. The van der Waals surface area contributed by atoms with E-state index in [-0.39, 0.29) is 12.1 Å². The average Bonchev–Trinajstić information content (AvgIpc) is 2.47. The molecule has 1 aromatic rings. The quantitative estimate of drug-likeness (QED) is 0.871. The van der Waals surface area contributed by atoms with Crippen LogP contribution < -0.4 is 5.32 Å². The molecule has 2 rings (SSSR count). The van der Waals surface area contributed by atoms with Crippen LogP contribution in [0.1, 0.15) is 18.9 Å². The van der Waals surface area contributed by atoms with Crippen molar-refractivity contribution >= 4 is 0 Å². The zero-order valence-electron chi connectivity index (χ0n) is 12.7. The van der Waals surface area contributed by atoms with E-state index < -0.39 is 11.6 Å². The smallest absolute Gasteiger partial charge is 0.159 e. The lowest BCUT2D eigenvalue weighted by molar-refractivity contribution is -0.0383. The lowest BCUT2D eigenvalue weighted by Gasteiger charge is -2.35. The van der Waals surface area contributed by atoms with Crippen molar-refractivity contribution < 1.29 is 13.5 Å². The first-order valence-corrected chi connectivity index (χ1v) is 7.57. The monoisotopic (exact) mass is 298 g/mol. The molecule has 1 aliphatic heterocycles. The maximum atomic E-state index is 13.4. The average molecular weight is 298 g/mol. The summed E-state index contributed by atoms with van der Waals surface area (Å²) in [7, 11) is 2.07. The Morgan fingerprint density at radius 3 is 2.86 bits per heavy atom. The van der Waals surface area contributed by atoms with E-state index in [1.165, 1.54) is 12.1 Å². The lowest BCUT2D eigenvalue weighted by Crippen LogP contribution is -2.52. The summed E-state index contributed by atoms with van der Waals surface area (Å²) in [6, 6.07) is 4.22. The highest BCUT2D eigenvalue weighted by Gasteiger charge is 2.26. The summed E-state index contributed by atoms with van der Waals surface area (Å²) in [4.78, 5) is 2.24. The van der Waals surface area contributed by atoms with Gasteiger partial charge in [-0.15, -0.1) is 0 Å². The Morgan fingerprint density at radius 2 is 2.19 bits per heavy atom. The number of ether oxygens (including phenoxy) is 1. The van der Waals surface area contributed by atoms with Crippen molar-refractivity contribution in [1.82, 2.24) is 10.2 Å². The Bertz CT molecular complexity index is 456. The van der Waals surface area contributed by atoms with Crippen molar-refractivity contribution in [2.75, 3.05) is 33.3 Å². The summed E-state index contributed by atoms with van der Waals surface area (Å²) >= 11 is 0.